The molecule has 0 N–H and O–H groups in total. The van der Waals surface area contributed by atoms with Crippen LogP contribution in [0.4, 0.5) is 0 Å². The van der Waals surface area contributed by atoms with E-state index in [2.05, 4.69) is 9.53 Å². The van der Waals surface area contributed by atoms with Crippen molar-refractivity contribution in [1.29, 1.82) is 0 Å². The third-order valence-electron chi connectivity index (χ3n) is 2.26. The second-order valence-electron chi connectivity index (χ2n) is 3.38. The summed E-state index contributed by atoms with van der Waals surface area (Å²) in [5.74, 6) is -1.39. The molecule has 0 aromatic carbocycles. The van der Waals surface area contributed by atoms with Crippen molar-refractivity contribution in [2.75, 3.05) is 7.11 Å². The maximum absolute atomic E-state index is 11.6. The van der Waals surface area contributed by atoms with Crippen LogP contribution in [0.2, 0.25) is 0 Å². The van der Waals surface area contributed by atoms with Crippen LogP contribution in [0.3, 0.4) is 0 Å². The molecule has 1 rings (SSSR count). The van der Waals surface area contributed by atoms with Crippen LogP contribution in [0.5, 0.6) is 0 Å². The number of methoxy groups -OCH3 is 1. The summed E-state index contributed by atoms with van der Waals surface area (Å²) in [4.78, 5) is 25.3. The summed E-state index contributed by atoms with van der Waals surface area (Å²) in [6.07, 6.45) is 8.42. The average molecular weight is 220 g/mol. The number of rotatable bonds is 4. The van der Waals surface area contributed by atoms with Crippen LogP contribution in [0.1, 0.15) is 12.8 Å². The molecular formula is C11H12N2O3. The van der Waals surface area contributed by atoms with E-state index < -0.39 is 17.5 Å². The summed E-state index contributed by atoms with van der Waals surface area (Å²) in [6, 6.07) is 0. The summed E-state index contributed by atoms with van der Waals surface area (Å²) in [7, 11) is 1.13. The average Bonchev–Trinajstić information content (AvgIpc) is 2.31. The van der Waals surface area contributed by atoms with Crippen LogP contribution in [0, 0.1) is 5.92 Å². The Morgan fingerprint density at radius 3 is 2.75 bits per heavy atom. The summed E-state index contributed by atoms with van der Waals surface area (Å²) in [6.45, 7) is 0. The van der Waals surface area contributed by atoms with E-state index in [1.165, 1.54) is 0 Å². The Labute approximate surface area is 93.0 Å². The van der Waals surface area contributed by atoms with Crippen LogP contribution in [0.15, 0.2) is 24.3 Å². The van der Waals surface area contributed by atoms with E-state index in [1.807, 2.05) is 24.3 Å². The van der Waals surface area contributed by atoms with Crippen LogP contribution in [-0.4, -0.2) is 29.4 Å². The molecule has 1 aliphatic carbocycles. The molecule has 1 aliphatic rings. The normalized spacial score (nSPS) is 17.7. The number of ketones is 1. The third kappa shape index (κ3) is 3.00. The molecule has 0 aliphatic heterocycles. The highest BCUT2D eigenvalue weighted by Crippen LogP contribution is 2.15. The fourth-order valence-corrected chi connectivity index (χ4v) is 1.43. The number of ether oxygens (including phenoxy) is 1. The number of carbonyl (C=O) groups excluding carboxylic acids is 2. The molecule has 0 radical (unpaired) electrons. The lowest BCUT2D eigenvalue weighted by Gasteiger charge is -2.09. The molecule has 5 heteroatoms. The van der Waals surface area contributed by atoms with Gasteiger partial charge in [-0.2, -0.15) is 4.79 Å². The minimum absolute atomic E-state index is 0.0407. The van der Waals surface area contributed by atoms with Crippen molar-refractivity contribution in [1.82, 2.24) is 0 Å². The van der Waals surface area contributed by atoms with E-state index in [4.69, 9.17) is 5.53 Å². The molecule has 84 valence electrons. The van der Waals surface area contributed by atoms with Gasteiger partial charge in [-0.1, -0.05) is 24.3 Å². The molecule has 16 heavy (non-hydrogen) atoms. The highest BCUT2D eigenvalue weighted by Gasteiger charge is 2.31. The SMILES string of the molecule is COC(=O)C(=[N+]=[N-])C(=O)CC1C=CC=CC1. The summed E-state index contributed by atoms with van der Waals surface area (Å²) in [5, 5.41) is 0. The highest BCUT2D eigenvalue weighted by molar-refractivity contribution is 6.62. The molecule has 0 heterocycles. The predicted molar refractivity (Wildman–Crippen MR) is 56.7 cm³/mol. The number of hydrogen-bond acceptors (Lipinski definition) is 3. The topological polar surface area (TPSA) is 79.8 Å². The molecule has 0 aromatic rings. The quantitative estimate of drug-likeness (QED) is 0.232. The molecule has 5 nitrogen and oxygen atoms in total. The molecule has 0 amide bonds. The monoisotopic (exact) mass is 220 g/mol. The molecule has 0 spiro atoms. The van der Waals surface area contributed by atoms with Crippen molar-refractivity contribution in [3.05, 3.63) is 29.8 Å². The third-order valence-corrected chi connectivity index (χ3v) is 2.26. The first-order valence-corrected chi connectivity index (χ1v) is 4.86. The lowest BCUT2D eigenvalue weighted by Crippen LogP contribution is -2.28. The van der Waals surface area contributed by atoms with Gasteiger partial charge in [0.05, 0.1) is 7.11 Å². The number of carbonyl (C=O) groups is 2. The van der Waals surface area contributed by atoms with E-state index in [0.717, 1.165) is 13.5 Å². The number of hydrogen-bond donors (Lipinski definition) is 0. The van der Waals surface area contributed by atoms with E-state index in [-0.39, 0.29) is 12.3 Å². The van der Waals surface area contributed by atoms with Gasteiger partial charge in [0.15, 0.2) is 0 Å². The molecule has 0 bridgehead atoms. The Morgan fingerprint density at radius 1 is 1.50 bits per heavy atom. The summed E-state index contributed by atoms with van der Waals surface area (Å²) in [5.41, 5.74) is 8.01. The zero-order valence-electron chi connectivity index (χ0n) is 8.92. The molecule has 0 saturated heterocycles. The second kappa shape index (κ2) is 5.78. The maximum Gasteiger partial charge on any atom is 0.441 e. The highest BCUT2D eigenvalue weighted by atomic mass is 16.5. The summed E-state index contributed by atoms with van der Waals surface area (Å²) < 4.78 is 4.33. The van der Waals surface area contributed by atoms with Crippen LogP contribution < -0.4 is 0 Å². The van der Waals surface area contributed by atoms with Crippen molar-refractivity contribution >= 4 is 17.5 Å². The van der Waals surface area contributed by atoms with Gasteiger partial charge in [-0.3, -0.25) is 4.79 Å². The Bertz CT molecular complexity index is 403. The molecule has 0 fully saturated rings. The van der Waals surface area contributed by atoms with Crippen molar-refractivity contribution in [3.63, 3.8) is 0 Å². The van der Waals surface area contributed by atoms with Crippen molar-refractivity contribution in [3.8, 4) is 0 Å². The molecule has 1 unspecified atom stereocenters. The van der Waals surface area contributed by atoms with Crippen LogP contribution >= 0.6 is 0 Å². The van der Waals surface area contributed by atoms with Gasteiger partial charge in [0, 0.05) is 6.42 Å². The Balaban J connectivity index is 2.64. The Kier molecular flexibility index (Phi) is 4.36. The van der Waals surface area contributed by atoms with Gasteiger partial charge in [-0.25, -0.2) is 4.79 Å². The fraction of sp³-hybridized carbons (Fsp3) is 0.364. The van der Waals surface area contributed by atoms with E-state index in [0.29, 0.717) is 0 Å². The standard InChI is InChI=1S/C11H12N2O3/c1-16-11(15)10(13-12)9(14)7-8-5-3-2-4-6-8/h2-5,8H,6-7H2,1H3. The van der Waals surface area contributed by atoms with E-state index >= 15 is 0 Å². The first kappa shape index (κ1) is 12.1. The largest absolute Gasteiger partial charge is 0.460 e. The van der Waals surface area contributed by atoms with Gasteiger partial charge in [0.1, 0.15) is 0 Å². The van der Waals surface area contributed by atoms with Gasteiger partial charge < -0.3 is 10.3 Å². The first-order chi connectivity index (χ1) is 7.69. The predicted octanol–water partition coefficient (Wildman–Crippen LogP) is 0.922. The van der Waals surface area contributed by atoms with E-state index in [1.54, 1.807) is 0 Å². The number of allylic oxidation sites excluding steroid dienone is 4. The minimum atomic E-state index is -0.914. The first-order valence-electron chi connectivity index (χ1n) is 4.86. The van der Waals surface area contributed by atoms with Gasteiger partial charge in [0.2, 0.25) is 0 Å². The second-order valence-corrected chi connectivity index (χ2v) is 3.38. The maximum atomic E-state index is 11.6. The molecule has 0 saturated carbocycles. The lowest BCUT2D eigenvalue weighted by atomic mass is 9.94. The zero-order valence-corrected chi connectivity index (χ0v) is 8.92. The molecule has 0 aromatic heterocycles. The smallest absolute Gasteiger partial charge is 0.441 e. The Hall–Kier alpha value is -2.00. The fourth-order valence-electron chi connectivity index (χ4n) is 1.43. The van der Waals surface area contributed by atoms with Crippen LogP contribution in [-0.2, 0) is 14.3 Å². The van der Waals surface area contributed by atoms with Gasteiger partial charge in [-0.05, 0) is 12.3 Å². The number of Topliss-reactive ketones (excluding diaryl/α,β-unsaturated/α-hetero) is 1. The molecule has 1 atom stereocenters. The summed E-state index contributed by atoms with van der Waals surface area (Å²) >= 11 is 0. The van der Waals surface area contributed by atoms with Crippen LogP contribution in [0.25, 0.3) is 5.53 Å². The lowest BCUT2D eigenvalue weighted by molar-refractivity contribution is -0.139. The molecular weight excluding hydrogens is 208 g/mol. The zero-order chi connectivity index (χ0) is 12.0. The minimum Gasteiger partial charge on any atom is -0.460 e. The Morgan fingerprint density at radius 2 is 2.25 bits per heavy atom. The van der Waals surface area contributed by atoms with Crippen molar-refractivity contribution < 1.29 is 19.1 Å². The van der Waals surface area contributed by atoms with Gasteiger partial charge >= 0.3 is 11.7 Å². The van der Waals surface area contributed by atoms with Crippen molar-refractivity contribution in [2.24, 2.45) is 5.92 Å². The van der Waals surface area contributed by atoms with Crippen molar-refractivity contribution in [2.45, 2.75) is 12.8 Å². The van der Waals surface area contributed by atoms with Gasteiger partial charge in [-0.15, -0.1) is 0 Å². The number of esters is 1. The number of nitrogens with zero attached hydrogens (tertiary/aromatic N) is 2. The van der Waals surface area contributed by atoms with E-state index in [9.17, 15) is 9.59 Å². The van der Waals surface area contributed by atoms with Gasteiger partial charge in [0.25, 0.3) is 5.78 Å².